The molecule has 4 nitrogen and oxygen atoms in total. The number of methoxy groups -OCH3 is 1. The monoisotopic (exact) mass is 330 g/mol. The first-order chi connectivity index (χ1) is 12.0. The van der Waals surface area contributed by atoms with Crippen molar-refractivity contribution in [2.75, 3.05) is 7.11 Å². The van der Waals surface area contributed by atoms with Gasteiger partial charge in [0.1, 0.15) is 17.4 Å². The second-order valence-electron chi connectivity index (χ2n) is 5.96. The molecule has 2 aromatic carbocycles. The van der Waals surface area contributed by atoms with Gasteiger partial charge in [0.15, 0.2) is 0 Å². The summed E-state index contributed by atoms with van der Waals surface area (Å²) in [5, 5.41) is 9.42. The average molecular weight is 330 g/mol. The summed E-state index contributed by atoms with van der Waals surface area (Å²) < 4.78 is 5.17. The van der Waals surface area contributed by atoms with Gasteiger partial charge in [-0.3, -0.25) is 4.79 Å². The molecule has 0 saturated heterocycles. The molecule has 0 amide bonds. The van der Waals surface area contributed by atoms with Crippen LogP contribution in [0.2, 0.25) is 0 Å². The topological polar surface area (TPSA) is 65.9 Å². The summed E-state index contributed by atoms with van der Waals surface area (Å²) in [6.07, 6.45) is 0. The largest absolute Gasteiger partial charge is 0.497 e. The fraction of sp³-hybridized carbons (Fsp3) is 0.143. The molecule has 25 heavy (non-hydrogen) atoms. The Morgan fingerprint density at radius 3 is 2.32 bits per heavy atom. The maximum atomic E-state index is 12.4. The fourth-order valence-electron chi connectivity index (χ4n) is 2.93. The number of nitriles is 1. The number of nitrogens with zero attached hydrogens (tertiary/aromatic N) is 1. The predicted molar refractivity (Wildman–Crippen MR) is 98.7 cm³/mol. The van der Waals surface area contributed by atoms with E-state index in [9.17, 15) is 10.1 Å². The van der Waals surface area contributed by atoms with Gasteiger partial charge in [-0.1, -0.05) is 35.9 Å². The average Bonchev–Trinajstić information content (AvgIpc) is 2.61. The van der Waals surface area contributed by atoms with Crippen molar-refractivity contribution in [2.45, 2.75) is 13.8 Å². The lowest BCUT2D eigenvalue weighted by molar-refractivity contribution is 0.415. The predicted octanol–water partition coefficient (Wildman–Crippen LogP) is 4.21. The Hall–Kier alpha value is -3.32. The van der Waals surface area contributed by atoms with Crippen LogP contribution < -0.4 is 10.3 Å². The summed E-state index contributed by atoms with van der Waals surface area (Å²) in [6.45, 7) is 4.03. The Balaban J connectivity index is 2.22. The lowest BCUT2D eigenvalue weighted by atomic mass is 9.97. The van der Waals surface area contributed by atoms with Gasteiger partial charge in [0.2, 0.25) is 0 Å². The minimum Gasteiger partial charge on any atom is -0.497 e. The summed E-state index contributed by atoms with van der Waals surface area (Å²) in [5.41, 5.74) is 5.02. The van der Waals surface area contributed by atoms with E-state index >= 15 is 0 Å². The third-order valence-electron chi connectivity index (χ3n) is 4.22. The van der Waals surface area contributed by atoms with Crippen molar-refractivity contribution in [3.05, 3.63) is 75.6 Å². The molecule has 0 fully saturated rings. The Bertz CT molecular complexity index is 1030. The number of rotatable bonds is 3. The van der Waals surface area contributed by atoms with E-state index in [0.29, 0.717) is 11.3 Å². The van der Waals surface area contributed by atoms with Crippen molar-refractivity contribution in [2.24, 2.45) is 0 Å². The van der Waals surface area contributed by atoms with E-state index in [1.807, 2.05) is 62.4 Å². The van der Waals surface area contributed by atoms with E-state index in [1.165, 1.54) is 0 Å². The molecule has 124 valence electrons. The zero-order valence-electron chi connectivity index (χ0n) is 14.4. The molecular formula is C21H18N2O2. The van der Waals surface area contributed by atoms with Crippen LogP contribution in [0.5, 0.6) is 5.75 Å². The number of benzene rings is 2. The highest BCUT2D eigenvalue weighted by Gasteiger charge is 2.13. The molecule has 0 aliphatic carbocycles. The molecule has 1 N–H and O–H groups in total. The van der Waals surface area contributed by atoms with Crippen molar-refractivity contribution >= 4 is 0 Å². The molecule has 0 radical (unpaired) electrons. The van der Waals surface area contributed by atoms with Crippen LogP contribution in [-0.2, 0) is 0 Å². The Kier molecular flexibility index (Phi) is 4.40. The number of H-pyrrole nitrogens is 1. The molecule has 1 heterocycles. The van der Waals surface area contributed by atoms with E-state index in [-0.39, 0.29) is 11.1 Å². The maximum absolute atomic E-state index is 12.4. The molecule has 0 unspecified atom stereocenters. The second-order valence-corrected chi connectivity index (χ2v) is 5.96. The first-order valence-corrected chi connectivity index (χ1v) is 7.93. The minimum absolute atomic E-state index is 0.110. The molecule has 0 atom stereocenters. The normalized spacial score (nSPS) is 10.3. The van der Waals surface area contributed by atoms with Crippen LogP contribution in [0.1, 0.15) is 16.7 Å². The number of hydrogen-bond acceptors (Lipinski definition) is 3. The summed E-state index contributed by atoms with van der Waals surface area (Å²) in [5.74, 6) is 0.724. The molecule has 3 aromatic rings. The molecular weight excluding hydrogens is 312 g/mol. The summed E-state index contributed by atoms with van der Waals surface area (Å²) in [4.78, 5) is 15.3. The van der Waals surface area contributed by atoms with Crippen molar-refractivity contribution in [1.29, 1.82) is 5.26 Å². The van der Waals surface area contributed by atoms with Gasteiger partial charge in [-0.15, -0.1) is 0 Å². The lowest BCUT2D eigenvalue weighted by Gasteiger charge is -2.11. The fourth-order valence-corrected chi connectivity index (χ4v) is 2.93. The van der Waals surface area contributed by atoms with Crippen LogP contribution in [0.25, 0.3) is 22.4 Å². The first kappa shape index (κ1) is 16.5. The third kappa shape index (κ3) is 3.17. The van der Waals surface area contributed by atoms with Gasteiger partial charge < -0.3 is 9.72 Å². The van der Waals surface area contributed by atoms with Crippen molar-refractivity contribution in [3.8, 4) is 34.2 Å². The molecule has 0 aliphatic rings. The maximum Gasteiger partial charge on any atom is 0.266 e. The minimum atomic E-state index is -0.384. The summed E-state index contributed by atoms with van der Waals surface area (Å²) >= 11 is 0. The molecule has 3 rings (SSSR count). The Labute approximate surface area is 146 Å². The molecule has 1 aromatic heterocycles. The van der Waals surface area contributed by atoms with E-state index in [2.05, 4.69) is 11.1 Å². The van der Waals surface area contributed by atoms with Gasteiger partial charge >= 0.3 is 0 Å². The highest BCUT2D eigenvalue weighted by molar-refractivity contribution is 5.76. The summed E-state index contributed by atoms with van der Waals surface area (Å²) in [7, 11) is 1.60. The highest BCUT2D eigenvalue weighted by atomic mass is 16.5. The van der Waals surface area contributed by atoms with Crippen LogP contribution in [0, 0.1) is 25.2 Å². The van der Waals surface area contributed by atoms with Gasteiger partial charge in [-0.25, -0.2) is 0 Å². The van der Waals surface area contributed by atoms with Crippen LogP contribution >= 0.6 is 0 Å². The zero-order valence-corrected chi connectivity index (χ0v) is 14.4. The number of aryl methyl sites for hydroxylation is 2. The van der Waals surface area contributed by atoms with E-state index < -0.39 is 0 Å². The van der Waals surface area contributed by atoms with Gasteiger partial charge in [-0.2, -0.15) is 5.26 Å². The van der Waals surface area contributed by atoms with E-state index in [4.69, 9.17) is 4.74 Å². The Morgan fingerprint density at radius 2 is 1.72 bits per heavy atom. The number of ether oxygens (including phenoxy) is 1. The first-order valence-electron chi connectivity index (χ1n) is 7.93. The standard InChI is InChI=1S/C21H18N2O2/c1-13-4-9-17(14(2)10-13)20-11-18(19(12-22)21(24)23-20)15-5-7-16(25-3)8-6-15/h4-11H,1-3H3,(H,23,24). The number of pyridine rings is 1. The number of nitrogens with one attached hydrogen (secondary N) is 1. The van der Waals surface area contributed by atoms with Gasteiger partial charge in [0.05, 0.1) is 7.11 Å². The number of hydrogen-bond donors (Lipinski definition) is 1. The van der Waals surface area contributed by atoms with Crippen LogP contribution in [0.15, 0.2) is 53.3 Å². The molecule has 4 heteroatoms. The lowest BCUT2D eigenvalue weighted by Crippen LogP contribution is -2.13. The van der Waals surface area contributed by atoms with Crippen LogP contribution in [0.3, 0.4) is 0 Å². The smallest absolute Gasteiger partial charge is 0.266 e. The van der Waals surface area contributed by atoms with Crippen molar-refractivity contribution in [3.63, 3.8) is 0 Å². The molecule has 0 saturated carbocycles. The quantitative estimate of drug-likeness (QED) is 0.782. The van der Waals surface area contributed by atoms with E-state index in [1.54, 1.807) is 7.11 Å². The molecule has 0 spiro atoms. The molecule has 0 aliphatic heterocycles. The number of aromatic amines is 1. The highest BCUT2D eigenvalue weighted by Crippen LogP contribution is 2.29. The van der Waals surface area contributed by atoms with Gasteiger partial charge in [-0.05, 0) is 43.2 Å². The third-order valence-corrected chi connectivity index (χ3v) is 4.22. The summed E-state index contributed by atoms with van der Waals surface area (Å²) in [6, 6.07) is 17.3. The van der Waals surface area contributed by atoms with E-state index in [0.717, 1.165) is 28.0 Å². The van der Waals surface area contributed by atoms with Crippen LogP contribution in [0.4, 0.5) is 0 Å². The number of aromatic nitrogens is 1. The SMILES string of the molecule is COc1ccc(-c2cc(-c3ccc(C)cc3C)[nH]c(=O)c2C#N)cc1. The van der Waals surface area contributed by atoms with Crippen molar-refractivity contribution < 1.29 is 4.74 Å². The van der Waals surface area contributed by atoms with Crippen molar-refractivity contribution in [1.82, 2.24) is 4.98 Å². The van der Waals surface area contributed by atoms with Crippen LogP contribution in [-0.4, -0.2) is 12.1 Å². The molecule has 0 bridgehead atoms. The zero-order chi connectivity index (χ0) is 18.0. The van der Waals surface area contributed by atoms with Gasteiger partial charge in [0.25, 0.3) is 5.56 Å². The second kappa shape index (κ2) is 6.66. The van der Waals surface area contributed by atoms with Gasteiger partial charge in [0, 0.05) is 16.8 Å². The Morgan fingerprint density at radius 1 is 1.00 bits per heavy atom.